The minimum Gasteiger partial charge on any atom is -0.467 e. The van der Waals surface area contributed by atoms with Gasteiger partial charge in [-0.1, -0.05) is 0 Å². The number of tetrazole rings is 1. The molecule has 0 radical (unpaired) electrons. The lowest BCUT2D eigenvalue weighted by Crippen LogP contribution is -2.35. The van der Waals surface area contributed by atoms with E-state index in [0.717, 1.165) is 0 Å². The molecule has 1 amide bonds. The Bertz CT molecular complexity index is 828. The Hall–Kier alpha value is -3.49. The number of benzene rings is 1. The van der Waals surface area contributed by atoms with Crippen LogP contribution in [0.1, 0.15) is 23.0 Å². The number of carbonyl (C=O) groups excluding carboxylic acids is 2. The largest absolute Gasteiger partial charge is 0.467 e. The molecule has 0 fully saturated rings. The third kappa shape index (κ3) is 4.08. The smallest absolute Gasteiger partial charge is 0.338 e. The maximum absolute atomic E-state index is 12.1. The van der Waals surface area contributed by atoms with Crippen LogP contribution in [0.2, 0.25) is 0 Å². The van der Waals surface area contributed by atoms with Gasteiger partial charge in [0.15, 0.2) is 6.10 Å². The van der Waals surface area contributed by atoms with E-state index in [0.29, 0.717) is 17.0 Å². The second-order valence-corrected chi connectivity index (χ2v) is 5.15. The van der Waals surface area contributed by atoms with Gasteiger partial charge in [-0.25, -0.2) is 9.48 Å². The van der Waals surface area contributed by atoms with E-state index in [1.165, 1.54) is 24.2 Å². The van der Waals surface area contributed by atoms with Crippen molar-refractivity contribution >= 4 is 11.9 Å². The molecular weight excluding hydrogens is 326 g/mol. The third-order valence-corrected chi connectivity index (χ3v) is 3.39. The van der Waals surface area contributed by atoms with Gasteiger partial charge in [-0.2, -0.15) is 0 Å². The highest BCUT2D eigenvalue weighted by molar-refractivity contribution is 5.92. The van der Waals surface area contributed by atoms with Gasteiger partial charge in [0, 0.05) is 0 Å². The van der Waals surface area contributed by atoms with E-state index in [-0.39, 0.29) is 6.54 Å². The van der Waals surface area contributed by atoms with Crippen molar-refractivity contribution < 1.29 is 18.7 Å². The SMILES string of the molecule is C[C@H](OC(=O)c1ccc(-n2cnnn2)cc1)C(=O)NCc1ccco1. The van der Waals surface area contributed by atoms with Crippen LogP contribution in [0.5, 0.6) is 0 Å². The number of carbonyl (C=O) groups is 2. The summed E-state index contributed by atoms with van der Waals surface area (Å²) in [5, 5.41) is 13.5. The molecule has 25 heavy (non-hydrogen) atoms. The highest BCUT2D eigenvalue weighted by atomic mass is 16.5. The summed E-state index contributed by atoms with van der Waals surface area (Å²) in [6.45, 7) is 1.74. The summed E-state index contributed by atoms with van der Waals surface area (Å²) in [5.41, 5.74) is 1.02. The fraction of sp³-hybridized carbons (Fsp3) is 0.188. The van der Waals surface area contributed by atoms with Crippen molar-refractivity contribution in [3.63, 3.8) is 0 Å². The lowest BCUT2D eigenvalue weighted by Gasteiger charge is -2.13. The van der Waals surface area contributed by atoms with Gasteiger partial charge >= 0.3 is 5.97 Å². The Morgan fingerprint density at radius 3 is 2.72 bits per heavy atom. The molecule has 9 nitrogen and oxygen atoms in total. The maximum Gasteiger partial charge on any atom is 0.338 e. The van der Waals surface area contributed by atoms with Gasteiger partial charge in [-0.05, 0) is 53.7 Å². The molecule has 0 spiro atoms. The minimum atomic E-state index is -0.929. The first-order chi connectivity index (χ1) is 12.1. The predicted octanol–water partition coefficient (Wildman–Crippen LogP) is 1.12. The van der Waals surface area contributed by atoms with Gasteiger partial charge in [-0.15, -0.1) is 5.10 Å². The topological polar surface area (TPSA) is 112 Å². The molecule has 0 saturated carbocycles. The number of esters is 1. The summed E-state index contributed by atoms with van der Waals surface area (Å²) in [5.74, 6) is -0.385. The number of furan rings is 1. The molecule has 1 atom stereocenters. The molecule has 2 heterocycles. The molecule has 0 unspecified atom stereocenters. The first kappa shape index (κ1) is 16.4. The second kappa shape index (κ2) is 7.39. The molecule has 0 aliphatic heterocycles. The Balaban J connectivity index is 1.54. The number of ether oxygens (including phenoxy) is 1. The molecule has 3 aromatic rings. The monoisotopic (exact) mass is 341 g/mol. The Kier molecular flexibility index (Phi) is 4.84. The summed E-state index contributed by atoms with van der Waals surface area (Å²) in [4.78, 5) is 24.1. The van der Waals surface area contributed by atoms with Crippen LogP contribution >= 0.6 is 0 Å². The predicted molar refractivity (Wildman–Crippen MR) is 84.6 cm³/mol. The second-order valence-electron chi connectivity index (χ2n) is 5.15. The van der Waals surface area contributed by atoms with Gasteiger partial charge in [0.25, 0.3) is 5.91 Å². The fourth-order valence-electron chi connectivity index (χ4n) is 2.04. The van der Waals surface area contributed by atoms with E-state index in [9.17, 15) is 9.59 Å². The molecule has 9 heteroatoms. The molecule has 0 aliphatic rings. The van der Waals surface area contributed by atoms with Gasteiger partial charge in [0.1, 0.15) is 12.1 Å². The van der Waals surface area contributed by atoms with Crippen LogP contribution in [-0.4, -0.2) is 38.2 Å². The quantitative estimate of drug-likeness (QED) is 0.668. The van der Waals surface area contributed by atoms with Crippen molar-refractivity contribution in [2.75, 3.05) is 0 Å². The summed E-state index contributed by atoms with van der Waals surface area (Å²) in [7, 11) is 0. The van der Waals surface area contributed by atoms with Gasteiger partial charge in [0.2, 0.25) is 0 Å². The van der Waals surface area contributed by atoms with Crippen molar-refractivity contribution in [1.82, 2.24) is 25.5 Å². The zero-order valence-corrected chi connectivity index (χ0v) is 13.3. The Morgan fingerprint density at radius 2 is 2.08 bits per heavy atom. The zero-order chi connectivity index (χ0) is 17.6. The van der Waals surface area contributed by atoms with Crippen molar-refractivity contribution in [2.24, 2.45) is 0 Å². The number of hydrogen-bond donors (Lipinski definition) is 1. The van der Waals surface area contributed by atoms with Crippen LogP contribution in [0.25, 0.3) is 5.69 Å². The van der Waals surface area contributed by atoms with E-state index < -0.39 is 18.0 Å². The Labute approximate surface area is 142 Å². The molecule has 0 saturated heterocycles. The van der Waals surface area contributed by atoms with Crippen molar-refractivity contribution in [3.8, 4) is 5.69 Å². The standard InChI is InChI=1S/C16H15N5O4/c1-11(15(22)17-9-14-3-2-8-24-14)25-16(23)12-4-6-13(7-5-12)21-10-18-19-20-21/h2-8,10-11H,9H2,1H3,(H,17,22)/t11-/m0/s1. The highest BCUT2D eigenvalue weighted by Gasteiger charge is 2.19. The number of nitrogens with one attached hydrogen (secondary N) is 1. The Morgan fingerprint density at radius 1 is 1.28 bits per heavy atom. The molecule has 0 bridgehead atoms. The molecular formula is C16H15N5O4. The lowest BCUT2D eigenvalue weighted by atomic mass is 10.2. The first-order valence-electron chi connectivity index (χ1n) is 7.48. The average molecular weight is 341 g/mol. The van der Waals surface area contributed by atoms with Gasteiger partial charge in [0.05, 0.1) is 24.1 Å². The molecule has 3 rings (SSSR count). The van der Waals surface area contributed by atoms with Crippen molar-refractivity contribution in [1.29, 1.82) is 0 Å². The molecule has 128 valence electrons. The van der Waals surface area contributed by atoms with Gasteiger partial charge in [-0.3, -0.25) is 4.79 Å². The molecule has 0 aliphatic carbocycles. The highest BCUT2D eigenvalue weighted by Crippen LogP contribution is 2.10. The van der Waals surface area contributed by atoms with E-state index in [1.54, 1.807) is 36.4 Å². The molecule has 1 aromatic carbocycles. The van der Waals surface area contributed by atoms with E-state index in [4.69, 9.17) is 9.15 Å². The number of rotatable bonds is 6. The summed E-state index contributed by atoms with van der Waals surface area (Å²) < 4.78 is 11.7. The maximum atomic E-state index is 12.1. The van der Waals surface area contributed by atoms with E-state index in [1.807, 2.05) is 0 Å². The van der Waals surface area contributed by atoms with Crippen LogP contribution < -0.4 is 5.32 Å². The van der Waals surface area contributed by atoms with Crippen LogP contribution in [0.4, 0.5) is 0 Å². The van der Waals surface area contributed by atoms with Crippen LogP contribution in [-0.2, 0) is 16.1 Å². The fourth-order valence-corrected chi connectivity index (χ4v) is 2.04. The van der Waals surface area contributed by atoms with E-state index in [2.05, 4.69) is 20.8 Å². The van der Waals surface area contributed by atoms with Crippen LogP contribution in [0.3, 0.4) is 0 Å². The minimum absolute atomic E-state index is 0.231. The van der Waals surface area contributed by atoms with Crippen LogP contribution in [0, 0.1) is 0 Å². The third-order valence-electron chi connectivity index (χ3n) is 3.39. The number of amides is 1. The molecule has 1 N–H and O–H groups in total. The number of nitrogens with zero attached hydrogens (tertiary/aromatic N) is 4. The van der Waals surface area contributed by atoms with Gasteiger partial charge < -0.3 is 14.5 Å². The summed E-state index contributed by atoms with van der Waals surface area (Å²) in [6.07, 6.45) is 2.03. The normalized spacial score (nSPS) is 11.7. The van der Waals surface area contributed by atoms with E-state index >= 15 is 0 Å². The van der Waals surface area contributed by atoms with Crippen molar-refractivity contribution in [3.05, 3.63) is 60.3 Å². The summed E-state index contributed by atoms with van der Waals surface area (Å²) >= 11 is 0. The summed E-state index contributed by atoms with van der Waals surface area (Å²) in [6, 6.07) is 9.97. The number of aromatic nitrogens is 4. The lowest BCUT2D eigenvalue weighted by molar-refractivity contribution is -0.129. The first-order valence-corrected chi connectivity index (χ1v) is 7.48. The molecule has 2 aromatic heterocycles. The zero-order valence-electron chi connectivity index (χ0n) is 13.3. The van der Waals surface area contributed by atoms with Crippen LogP contribution in [0.15, 0.2) is 53.4 Å². The van der Waals surface area contributed by atoms with Crippen molar-refractivity contribution in [2.45, 2.75) is 19.6 Å². The number of hydrogen-bond acceptors (Lipinski definition) is 7. The average Bonchev–Trinajstić information content (AvgIpc) is 3.33.